The van der Waals surface area contributed by atoms with Gasteiger partial charge in [0.05, 0.1) is 45.4 Å². The van der Waals surface area contributed by atoms with Crippen molar-refractivity contribution in [3.05, 3.63) is 83.1 Å². The summed E-state index contributed by atoms with van der Waals surface area (Å²) < 4.78 is 22.5. The van der Waals surface area contributed by atoms with Crippen molar-refractivity contribution in [2.45, 2.75) is 38.1 Å². The number of nitrogens with one attached hydrogen (secondary N) is 2. The molecular formula is C31H34N2O5. The Balaban J connectivity index is 1.56. The third kappa shape index (κ3) is 4.88. The molecule has 0 amide bonds. The summed E-state index contributed by atoms with van der Waals surface area (Å²) >= 11 is 0. The van der Waals surface area contributed by atoms with Crippen LogP contribution >= 0.6 is 0 Å². The molecule has 0 unspecified atom stereocenters. The number of para-hydroxylation sites is 2. The largest absolute Gasteiger partial charge is 0.493 e. The summed E-state index contributed by atoms with van der Waals surface area (Å²) in [6.45, 7) is 2.68. The van der Waals surface area contributed by atoms with E-state index in [-0.39, 0.29) is 17.7 Å². The van der Waals surface area contributed by atoms with Crippen molar-refractivity contribution in [2.24, 2.45) is 0 Å². The lowest BCUT2D eigenvalue weighted by Crippen LogP contribution is -2.27. The van der Waals surface area contributed by atoms with Gasteiger partial charge in [0, 0.05) is 17.7 Å². The zero-order valence-corrected chi connectivity index (χ0v) is 22.3. The highest BCUT2D eigenvalue weighted by atomic mass is 16.5. The van der Waals surface area contributed by atoms with Gasteiger partial charge in [0.25, 0.3) is 0 Å². The van der Waals surface area contributed by atoms with E-state index in [4.69, 9.17) is 18.9 Å². The molecule has 0 fully saturated rings. The molecule has 1 aliphatic carbocycles. The Morgan fingerprint density at radius 2 is 1.45 bits per heavy atom. The van der Waals surface area contributed by atoms with Gasteiger partial charge < -0.3 is 29.6 Å². The summed E-state index contributed by atoms with van der Waals surface area (Å²) in [7, 11) is 4.89. The number of benzene rings is 3. The van der Waals surface area contributed by atoms with Gasteiger partial charge in [-0.15, -0.1) is 0 Å². The first-order valence-corrected chi connectivity index (χ1v) is 13.0. The van der Waals surface area contributed by atoms with Gasteiger partial charge in [-0.25, -0.2) is 0 Å². The molecule has 1 aliphatic heterocycles. The third-order valence-electron chi connectivity index (χ3n) is 7.17. The Morgan fingerprint density at radius 1 is 0.789 bits per heavy atom. The molecule has 7 heteroatoms. The van der Waals surface area contributed by atoms with Crippen molar-refractivity contribution in [1.29, 1.82) is 0 Å². The fraction of sp³-hybridized carbons (Fsp3) is 0.323. The van der Waals surface area contributed by atoms with Gasteiger partial charge in [-0.05, 0) is 66.3 Å². The number of hydrogen-bond donors (Lipinski definition) is 2. The van der Waals surface area contributed by atoms with Gasteiger partial charge in [0.15, 0.2) is 28.8 Å². The van der Waals surface area contributed by atoms with E-state index in [1.54, 1.807) is 21.3 Å². The first kappa shape index (κ1) is 25.5. The number of ketones is 1. The number of anilines is 2. The molecule has 0 spiro atoms. The predicted octanol–water partition coefficient (Wildman–Crippen LogP) is 6.48. The van der Waals surface area contributed by atoms with Crippen molar-refractivity contribution >= 4 is 17.2 Å². The molecule has 0 aromatic heterocycles. The van der Waals surface area contributed by atoms with E-state index in [0.29, 0.717) is 42.4 Å². The number of Topliss-reactive ketones (excluding diaryl/α,β-unsaturated/α-hetero) is 1. The Labute approximate surface area is 223 Å². The standard InChI is InChI=1S/C31H34N2O5/c1-5-14-38-27-13-11-20(18-29(27)37-4)31-30-24(32-22-8-6-7-9-23(22)33-31)15-21(16-25(30)34)19-10-12-26(35-2)28(17-19)36-3/h6-13,17-18,21,31-33H,5,14-16H2,1-4H3/t21-,31-/m1/s1. The van der Waals surface area contributed by atoms with Crippen LogP contribution in [0.3, 0.4) is 0 Å². The smallest absolute Gasteiger partial charge is 0.163 e. The predicted molar refractivity (Wildman–Crippen MR) is 149 cm³/mol. The van der Waals surface area contributed by atoms with Crippen LogP contribution in [0.1, 0.15) is 49.3 Å². The molecule has 0 bridgehead atoms. The Hall–Kier alpha value is -4.13. The van der Waals surface area contributed by atoms with Crippen molar-refractivity contribution < 1.29 is 23.7 Å². The summed E-state index contributed by atoms with van der Waals surface area (Å²) in [4.78, 5) is 13.9. The van der Waals surface area contributed by atoms with Crippen molar-refractivity contribution in [3.63, 3.8) is 0 Å². The van der Waals surface area contributed by atoms with E-state index in [0.717, 1.165) is 40.2 Å². The minimum absolute atomic E-state index is 0.0128. The van der Waals surface area contributed by atoms with Gasteiger partial charge in [-0.1, -0.05) is 31.2 Å². The molecule has 0 saturated carbocycles. The van der Waals surface area contributed by atoms with Crippen LogP contribution in [0, 0.1) is 0 Å². The molecule has 2 N–H and O–H groups in total. The highest BCUT2D eigenvalue weighted by molar-refractivity contribution is 6.01. The van der Waals surface area contributed by atoms with E-state index >= 15 is 0 Å². The van der Waals surface area contributed by atoms with Crippen molar-refractivity contribution in [1.82, 2.24) is 0 Å². The average Bonchev–Trinajstić information content (AvgIpc) is 3.12. The number of allylic oxidation sites excluding steroid dienone is 1. The number of ether oxygens (including phenoxy) is 4. The highest BCUT2D eigenvalue weighted by Gasteiger charge is 2.36. The van der Waals surface area contributed by atoms with Crippen LogP contribution < -0.4 is 29.6 Å². The van der Waals surface area contributed by atoms with E-state index in [9.17, 15) is 4.79 Å². The lowest BCUT2D eigenvalue weighted by atomic mass is 9.78. The van der Waals surface area contributed by atoms with Gasteiger partial charge >= 0.3 is 0 Å². The van der Waals surface area contributed by atoms with Crippen LogP contribution in [0.25, 0.3) is 0 Å². The van der Waals surface area contributed by atoms with Gasteiger partial charge in [0.2, 0.25) is 0 Å². The number of rotatable bonds is 8. The molecule has 3 aromatic rings. The summed E-state index contributed by atoms with van der Waals surface area (Å²) in [6, 6.07) is 19.5. The van der Waals surface area contributed by atoms with Crippen molar-refractivity contribution in [3.8, 4) is 23.0 Å². The minimum atomic E-state index is -0.339. The number of carbonyl (C=O) groups is 1. The van der Waals surface area contributed by atoms with Crippen LogP contribution in [0.2, 0.25) is 0 Å². The highest BCUT2D eigenvalue weighted by Crippen LogP contribution is 2.46. The normalized spacial score (nSPS) is 18.4. The molecule has 7 nitrogen and oxygen atoms in total. The van der Waals surface area contributed by atoms with Gasteiger partial charge in [-0.2, -0.15) is 0 Å². The number of hydrogen-bond acceptors (Lipinski definition) is 7. The Bertz CT molecular complexity index is 1370. The lowest BCUT2D eigenvalue weighted by molar-refractivity contribution is -0.116. The minimum Gasteiger partial charge on any atom is -0.493 e. The third-order valence-corrected chi connectivity index (χ3v) is 7.17. The maximum absolute atomic E-state index is 13.9. The summed E-state index contributed by atoms with van der Waals surface area (Å²) in [6.07, 6.45) is 2.00. The molecule has 2 aliphatic rings. The Kier molecular flexibility index (Phi) is 7.45. The number of fused-ring (bicyclic) bond motifs is 1. The van der Waals surface area contributed by atoms with Crippen LogP contribution in [0.15, 0.2) is 71.9 Å². The van der Waals surface area contributed by atoms with Crippen LogP contribution in [-0.4, -0.2) is 33.7 Å². The topological polar surface area (TPSA) is 78.1 Å². The first-order valence-electron chi connectivity index (χ1n) is 13.0. The monoisotopic (exact) mass is 514 g/mol. The van der Waals surface area contributed by atoms with Crippen LogP contribution in [0.5, 0.6) is 23.0 Å². The van der Waals surface area contributed by atoms with Crippen molar-refractivity contribution in [2.75, 3.05) is 38.6 Å². The molecule has 3 aromatic carbocycles. The molecular weight excluding hydrogens is 480 g/mol. The lowest BCUT2D eigenvalue weighted by Gasteiger charge is -2.30. The number of carbonyl (C=O) groups excluding carboxylic acids is 1. The molecule has 0 radical (unpaired) electrons. The second kappa shape index (κ2) is 11.1. The average molecular weight is 515 g/mol. The SMILES string of the molecule is CCCOc1ccc([C@H]2Nc3ccccc3NC3=C2C(=O)C[C@H](c2ccc(OC)c(OC)c2)C3)cc1OC. The molecule has 5 rings (SSSR count). The Morgan fingerprint density at radius 3 is 2.18 bits per heavy atom. The quantitative estimate of drug-likeness (QED) is 0.356. The fourth-order valence-electron chi connectivity index (χ4n) is 5.28. The van der Waals surface area contributed by atoms with E-state index in [1.807, 2.05) is 60.7 Å². The van der Waals surface area contributed by atoms with E-state index < -0.39 is 0 Å². The zero-order chi connectivity index (χ0) is 26.6. The molecule has 198 valence electrons. The maximum Gasteiger partial charge on any atom is 0.163 e. The molecule has 2 atom stereocenters. The van der Waals surface area contributed by atoms with Gasteiger partial charge in [0.1, 0.15) is 0 Å². The maximum atomic E-state index is 13.9. The summed E-state index contributed by atoms with van der Waals surface area (Å²) in [5, 5.41) is 7.23. The van der Waals surface area contributed by atoms with Crippen LogP contribution in [0.4, 0.5) is 11.4 Å². The molecule has 0 saturated heterocycles. The second-order valence-corrected chi connectivity index (χ2v) is 9.54. The zero-order valence-electron chi connectivity index (χ0n) is 22.3. The number of methoxy groups -OCH3 is 3. The molecule has 1 heterocycles. The fourth-order valence-corrected chi connectivity index (χ4v) is 5.28. The van der Waals surface area contributed by atoms with E-state index in [2.05, 4.69) is 17.6 Å². The first-order chi connectivity index (χ1) is 18.6. The summed E-state index contributed by atoms with van der Waals surface area (Å²) in [5.74, 6) is 2.80. The van der Waals surface area contributed by atoms with Gasteiger partial charge in [-0.3, -0.25) is 4.79 Å². The second-order valence-electron chi connectivity index (χ2n) is 9.54. The molecule has 38 heavy (non-hydrogen) atoms. The van der Waals surface area contributed by atoms with Crippen LogP contribution in [-0.2, 0) is 4.79 Å². The summed E-state index contributed by atoms with van der Waals surface area (Å²) in [5.41, 5.74) is 5.54. The van der Waals surface area contributed by atoms with E-state index in [1.165, 1.54) is 0 Å².